The Morgan fingerprint density at radius 1 is 0.960 bits per heavy atom. The van der Waals surface area contributed by atoms with Crippen molar-refractivity contribution in [1.82, 2.24) is 19.8 Å². The van der Waals surface area contributed by atoms with Gasteiger partial charge in [0.1, 0.15) is 0 Å². The van der Waals surface area contributed by atoms with Gasteiger partial charge in [0.05, 0.1) is 5.69 Å². The van der Waals surface area contributed by atoms with E-state index in [2.05, 4.69) is 41.4 Å². The van der Waals surface area contributed by atoms with E-state index in [1.54, 1.807) is 16.3 Å². The van der Waals surface area contributed by atoms with Crippen molar-refractivity contribution in [3.63, 3.8) is 0 Å². The standard InChI is InChI=1S/C19H15ClN4S/c1-13-4-2-3-5-15(13)12-25-19-22-21-18-11-10-17(23-24(18)19)14-6-8-16(20)9-7-14/h2-11H,12H2,1H3. The SMILES string of the molecule is Cc1ccccc1CSc1nnc2ccc(-c3ccc(Cl)cc3)nn12. The molecule has 0 aliphatic rings. The first-order chi connectivity index (χ1) is 12.2. The summed E-state index contributed by atoms with van der Waals surface area (Å²) in [6, 6.07) is 19.9. The van der Waals surface area contributed by atoms with Gasteiger partial charge >= 0.3 is 0 Å². The van der Waals surface area contributed by atoms with E-state index >= 15 is 0 Å². The van der Waals surface area contributed by atoms with E-state index in [4.69, 9.17) is 16.7 Å². The lowest BCUT2D eigenvalue weighted by molar-refractivity contribution is 0.812. The van der Waals surface area contributed by atoms with E-state index in [1.807, 2.05) is 36.4 Å². The smallest absolute Gasteiger partial charge is 0.187 e. The molecule has 25 heavy (non-hydrogen) atoms. The summed E-state index contributed by atoms with van der Waals surface area (Å²) in [6.45, 7) is 2.12. The monoisotopic (exact) mass is 366 g/mol. The average Bonchev–Trinajstić information content (AvgIpc) is 3.04. The van der Waals surface area contributed by atoms with Gasteiger partial charge < -0.3 is 0 Å². The van der Waals surface area contributed by atoms with Crippen LogP contribution in [0.4, 0.5) is 0 Å². The molecule has 0 saturated carbocycles. The van der Waals surface area contributed by atoms with Gasteiger partial charge in [0.2, 0.25) is 5.16 Å². The van der Waals surface area contributed by atoms with Gasteiger partial charge in [-0.2, -0.15) is 9.61 Å². The van der Waals surface area contributed by atoms with E-state index in [1.165, 1.54) is 11.1 Å². The summed E-state index contributed by atoms with van der Waals surface area (Å²) in [5.41, 5.74) is 5.18. The molecule has 0 radical (unpaired) electrons. The van der Waals surface area contributed by atoms with Crippen LogP contribution in [0.15, 0.2) is 65.8 Å². The summed E-state index contributed by atoms with van der Waals surface area (Å²) in [4.78, 5) is 0. The van der Waals surface area contributed by atoms with Crippen LogP contribution in [0.3, 0.4) is 0 Å². The van der Waals surface area contributed by atoms with Crippen LogP contribution in [0.25, 0.3) is 16.9 Å². The van der Waals surface area contributed by atoms with Crippen molar-refractivity contribution in [3.05, 3.63) is 76.8 Å². The van der Waals surface area contributed by atoms with E-state index in [-0.39, 0.29) is 0 Å². The summed E-state index contributed by atoms with van der Waals surface area (Å²) in [5.74, 6) is 0.834. The zero-order chi connectivity index (χ0) is 17.2. The number of rotatable bonds is 4. The third-order valence-corrected chi connectivity index (χ3v) is 5.21. The fourth-order valence-corrected chi connectivity index (χ4v) is 3.64. The minimum atomic E-state index is 0.712. The Morgan fingerprint density at radius 2 is 1.76 bits per heavy atom. The maximum absolute atomic E-state index is 5.97. The molecule has 2 heterocycles. The van der Waals surface area contributed by atoms with Crippen molar-refractivity contribution in [3.8, 4) is 11.3 Å². The summed E-state index contributed by atoms with van der Waals surface area (Å²) in [6.07, 6.45) is 0. The summed E-state index contributed by atoms with van der Waals surface area (Å²) in [5, 5.41) is 14.7. The molecule has 0 aliphatic heterocycles. The molecule has 2 aromatic carbocycles. The number of fused-ring (bicyclic) bond motifs is 1. The van der Waals surface area contributed by atoms with Crippen LogP contribution in [0.1, 0.15) is 11.1 Å². The van der Waals surface area contributed by atoms with Gasteiger partial charge in [-0.05, 0) is 42.3 Å². The van der Waals surface area contributed by atoms with Gasteiger partial charge in [0, 0.05) is 16.3 Å². The number of nitrogens with zero attached hydrogens (tertiary/aromatic N) is 4. The molecule has 0 atom stereocenters. The molecule has 0 spiro atoms. The van der Waals surface area contributed by atoms with E-state index in [9.17, 15) is 0 Å². The summed E-state index contributed by atoms with van der Waals surface area (Å²) >= 11 is 7.60. The molecule has 0 aliphatic carbocycles. The molecule has 0 saturated heterocycles. The van der Waals surface area contributed by atoms with Gasteiger partial charge in [-0.25, -0.2) is 0 Å². The fraction of sp³-hybridized carbons (Fsp3) is 0.105. The highest BCUT2D eigenvalue weighted by Crippen LogP contribution is 2.25. The predicted molar refractivity (Wildman–Crippen MR) is 102 cm³/mol. The normalized spacial score (nSPS) is 11.1. The van der Waals surface area contributed by atoms with E-state index in [0.717, 1.165) is 27.8 Å². The van der Waals surface area contributed by atoms with Crippen LogP contribution in [0, 0.1) is 6.92 Å². The third-order valence-electron chi connectivity index (χ3n) is 3.99. The number of benzene rings is 2. The van der Waals surface area contributed by atoms with Gasteiger partial charge in [-0.15, -0.1) is 10.2 Å². The van der Waals surface area contributed by atoms with Crippen LogP contribution in [-0.4, -0.2) is 19.8 Å². The molecular weight excluding hydrogens is 352 g/mol. The third kappa shape index (κ3) is 3.38. The van der Waals surface area contributed by atoms with E-state index < -0.39 is 0 Å². The molecule has 4 nitrogen and oxygen atoms in total. The topological polar surface area (TPSA) is 43.1 Å². The first-order valence-corrected chi connectivity index (χ1v) is 9.23. The van der Waals surface area contributed by atoms with Crippen LogP contribution < -0.4 is 0 Å². The second kappa shape index (κ2) is 6.86. The number of aryl methyl sites for hydroxylation is 1. The Kier molecular flexibility index (Phi) is 4.42. The van der Waals surface area contributed by atoms with Gasteiger partial charge in [0.15, 0.2) is 5.65 Å². The Balaban J connectivity index is 1.64. The van der Waals surface area contributed by atoms with Crippen molar-refractivity contribution in [2.75, 3.05) is 0 Å². The lowest BCUT2D eigenvalue weighted by atomic mass is 10.1. The molecular formula is C19H15ClN4S. The summed E-state index contributed by atoms with van der Waals surface area (Å²) < 4.78 is 1.80. The molecule has 0 unspecified atom stereocenters. The van der Waals surface area contributed by atoms with Crippen LogP contribution in [0.2, 0.25) is 5.02 Å². The van der Waals surface area contributed by atoms with Crippen LogP contribution in [0.5, 0.6) is 0 Å². The minimum absolute atomic E-state index is 0.712. The molecule has 6 heteroatoms. The Hall–Kier alpha value is -2.37. The van der Waals surface area contributed by atoms with Crippen molar-refractivity contribution in [2.24, 2.45) is 0 Å². The highest BCUT2D eigenvalue weighted by Gasteiger charge is 2.10. The second-order valence-corrected chi connectivity index (χ2v) is 7.07. The minimum Gasteiger partial charge on any atom is -0.187 e. The zero-order valence-electron chi connectivity index (χ0n) is 13.6. The predicted octanol–water partition coefficient (Wildman–Crippen LogP) is 5.05. The molecule has 0 amide bonds. The highest BCUT2D eigenvalue weighted by atomic mass is 35.5. The summed E-state index contributed by atoms with van der Waals surface area (Å²) in [7, 11) is 0. The first-order valence-electron chi connectivity index (χ1n) is 7.86. The quantitative estimate of drug-likeness (QED) is 0.474. The fourth-order valence-electron chi connectivity index (χ4n) is 2.55. The molecule has 0 fully saturated rings. The highest BCUT2D eigenvalue weighted by molar-refractivity contribution is 7.98. The van der Waals surface area contributed by atoms with Crippen molar-refractivity contribution in [1.29, 1.82) is 0 Å². The van der Waals surface area contributed by atoms with Crippen LogP contribution >= 0.6 is 23.4 Å². The molecule has 2 aromatic heterocycles. The molecule has 0 N–H and O–H groups in total. The van der Waals surface area contributed by atoms with Gasteiger partial charge in [0.25, 0.3) is 0 Å². The number of hydrogen-bond donors (Lipinski definition) is 0. The number of aromatic nitrogens is 4. The number of halogens is 1. The number of thioether (sulfide) groups is 1. The van der Waals surface area contributed by atoms with Gasteiger partial charge in [-0.1, -0.05) is 59.8 Å². The molecule has 4 aromatic rings. The van der Waals surface area contributed by atoms with Crippen molar-refractivity contribution >= 4 is 29.0 Å². The largest absolute Gasteiger partial charge is 0.212 e. The van der Waals surface area contributed by atoms with Gasteiger partial charge in [-0.3, -0.25) is 0 Å². The average molecular weight is 367 g/mol. The zero-order valence-corrected chi connectivity index (χ0v) is 15.1. The Labute approximate surface area is 154 Å². The van der Waals surface area contributed by atoms with Crippen LogP contribution in [-0.2, 0) is 5.75 Å². The molecule has 124 valence electrons. The lowest BCUT2D eigenvalue weighted by Gasteiger charge is -2.05. The lowest BCUT2D eigenvalue weighted by Crippen LogP contribution is -1.97. The van der Waals surface area contributed by atoms with Crippen molar-refractivity contribution < 1.29 is 0 Å². The Morgan fingerprint density at radius 3 is 2.56 bits per heavy atom. The Bertz CT molecular complexity index is 1030. The second-order valence-electron chi connectivity index (χ2n) is 5.69. The number of hydrogen-bond acceptors (Lipinski definition) is 4. The molecule has 0 bridgehead atoms. The first kappa shape index (κ1) is 16.1. The molecule has 4 rings (SSSR count). The van der Waals surface area contributed by atoms with Crippen molar-refractivity contribution in [2.45, 2.75) is 17.8 Å². The van der Waals surface area contributed by atoms with E-state index in [0.29, 0.717) is 5.02 Å². The maximum atomic E-state index is 5.97. The maximum Gasteiger partial charge on any atom is 0.212 e.